The summed E-state index contributed by atoms with van der Waals surface area (Å²) in [5.74, 6) is -0.126. The normalized spacial score (nSPS) is 15.8. The maximum Gasteiger partial charge on any atom is 0.126 e. The molecule has 2 heteroatoms. The molecule has 1 heterocycles. The van der Waals surface area contributed by atoms with Crippen molar-refractivity contribution in [2.24, 2.45) is 0 Å². The zero-order valence-electron chi connectivity index (χ0n) is 7.06. The van der Waals surface area contributed by atoms with Crippen molar-refractivity contribution in [1.29, 1.82) is 0 Å². The average molecular weight is 166 g/mol. The Morgan fingerprint density at radius 2 is 2.17 bits per heavy atom. The summed E-state index contributed by atoms with van der Waals surface area (Å²) < 4.78 is 18.3. The molecule has 1 aliphatic rings. The molecule has 0 unspecified atom stereocenters. The van der Waals surface area contributed by atoms with Crippen LogP contribution in [-0.2, 0) is 17.8 Å². The minimum Gasteiger partial charge on any atom is -0.376 e. The van der Waals surface area contributed by atoms with Crippen molar-refractivity contribution >= 4 is 0 Å². The van der Waals surface area contributed by atoms with Crippen molar-refractivity contribution in [3.05, 3.63) is 34.6 Å². The van der Waals surface area contributed by atoms with E-state index in [2.05, 4.69) is 0 Å². The summed E-state index contributed by atoms with van der Waals surface area (Å²) in [5, 5.41) is 0. The minimum absolute atomic E-state index is 0.126. The van der Waals surface area contributed by atoms with Crippen LogP contribution in [0.25, 0.3) is 0 Å². The molecule has 0 aliphatic carbocycles. The van der Waals surface area contributed by atoms with Crippen LogP contribution < -0.4 is 0 Å². The molecule has 1 aromatic carbocycles. The lowest BCUT2D eigenvalue weighted by molar-refractivity contribution is 0.110. The zero-order valence-corrected chi connectivity index (χ0v) is 7.06. The first kappa shape index (κ1) is 7.74. The van der Waals surface area contributed by atoms with E-state index < -0.39 is 0 Å². The number of halogens is 1. The largest absolute Gasteiger partial charge is 0.376 e. The Labute approximate surface area is 71.2 Å². The molecule has 0 atom stereocenters. The van der Waals surface area contributed by atoms with E-state index in [1.54, 1.807) is 13.0 Å². The summed E-state index contributed by atoms with van der Waals surface area (Å²) in [4.78, 5) is 0. The van der Waals surface area contributed by atoms with Gasteiger partial charge in [-0.1, -0.05) is 6.07 Å². The Morgan fingerprint density at radius 1 is 1.33 bits per heavy atom. The number of hydrogen-bond acceptors (Lipinski definition) is 1. The lowest BCUT2D eigenvalue weighted by atomic mass is 10.0. The van der Waals surface area contributed by atoms with Gasteiger partial charge >= 0.3 is 0 Å². The first-order chi connectivity index (χ1) is 5.77. The van der Waals surface area contributed by atoms with E-state index in [1.807, 2.05) is 6.07 Å². The molecule has 0 saturated carbocycles. The van der Waals surface area contributed by atoms with E-state index in [1.165, 1.54) is 5.56 Å². The molecule has 12 heavy (non-hydrogen) atoms. The van der Waals surface area contributed by atoms with Crippen molar-refractivity contribution < 1.29 is 9.13 Å². The van der Waals surface area contributed by atoms with Crippen LogP contribution >= 0.6 is 0 Å². The second-order valence-electron chi connectivity index (χ2n) is 3.17. The van der Waals surface area contributed by atoms with Gasteiger partial charge in [-0.3, -0.25) is 0 Å². The van der Waals surface area contributed by atoms with Gasteiger partial charge < -0.3 is 4.74 Å². The van der Waals surface area contributed by atoms with E-state index in [4.69, 9.17) is 4.74 Å². The summed E-state index contributed by atoms with van der Waals surface area (Å²) in [7, 11) is 0. The van der Waals surface area contributed by atoms with Crippen molar-refractivity contribution in [3.63, 3.8) is 0 Å². The van der Waals surface area contributed by atoms with Crippen LogP contribution in [0.2, 0.25) is 0 Å². The molecular formula is C10H11FO. The van der Waals surface area contributed by atoms with E-state index in [0.717, 1.165) is 24.2 Å². The van der Waals surface area contributed by atoms with Gasteiger partial charge in [-0.15, -0.1) is 0 Å². The van der Waals surface area contributed by atoms with E-state index in [0.29, 0.717) is 6.61 Å². The lowest BCUT2D eigenvalue weighted by Gasteiger charge is -2.16. The van der Waals surface area contributed by atoms with Gasteiger partial charge in [0.25, 0.3) is 0 Å². The highest BCUT2D eigenvalue weighted by atomic mass is 19.1. The highest BCUT2D eigenvalue weighted by Gasteiger charge is 2.11. The Bertz CT molecular complexity index is 276. The number of fused-ring (bicyclic) bond motifs is 1. The van der Waals surface area contributed by atoms with Gasteiger partial charge in [0.15, 0.2) is 0 Å². The number of benzene rings is 1. The van der Waals surface area contributed by atoms with Gasteiger partial charge in [0, 0.05) is 0 Å². The molecule has 1 nitrogen and oxygen atoms in total. The molecule has 0 saturated heterocycles. The monoisotopic (exact) mass is 166 g/mol. The molecule has 0 bridgehead atoms. The summed E-state index contributed by atoms with van der Waals surface area (Å²) in [6.07, 6.45) is 0.913. The first-order valence-electron chi connectivity index (χ1n) is 4.13. The summed E-state index contributed by atoms with van der Waals surface area (Å²) in [6, 6.07) is 3.51. The Morgan fingerprint density at radius 3 is 3.00 bits per heavy atom. The van der Waals surface area contributed by atoms with Crippen LogP contribution in [0.3, 0.4) is 0 Å². The maximum absolute atomic E-state index is 13.1. The van der Waals surface area contributed by atoms with Crippen LogP contribution in [0.4, 0.5) is 4.39 Å². The molecule has 1 aliphatic heterocycles. The topological polar surface area (TPSA) is 9.23 Å². The first-order valence-corrected chi connectivity index (χ1v) is 4.13. The standard InChI is InChI=1S/C10H11FO/c1-7-4-8-2-3-12-6-9(8)5-10(7)11/h4-5H,2-3,6H2,1H3. The van der Waals surface area contributed by atoms with Crippen molar-refractivity contribution in [2.45, 2.75) is 20.0 Å². The Kier molecular flexibility index (Phi) is 1.85. The van der Waals surface area contributed by atoms with Gasteiger partial charge in [0.05, 0.1) is 13.2 Å². The molecule has 2 rings (SSSR count). The summed E-state index contributed by atoms with van der Waals surface area (Å²) in [6.45, 7) is 3.12. The van der Waals surface area contributed by atoms with Crippen LogP contribution in [0.15, 0.2) is 12.1 Å². The summed E-state index contributed by atoms with van der Waals surface area (Å²) in [5.41, 5.74) is 2.97. The average Bonchev–Trinajstić information content (AvgIpc) is 2.07. The molecule has 0 aromatic heterocycles. The van der Waals surface area contributed by atoms with Gasteiger partial charge in [0.2, 0.25) is 0 Å². The van der Waals surface area contributed by atoms with Gasteiger partial charge in [-0.25, -0.2) is 4.39 Å². The maximum atomic E-state index is 13.1. The van der Waals surface area contributed by atoms with Gasteiger partial charge in [-0.2, -0.15) is 0 Å². The number of ether oxygens (including phenoxy) is 1. The van der Waals surface area contributed by atoms with Crippen LogP contribution in [0, 0.1) is 12.7 Å². The molecule has 1 aromatic rings. The minimum atomic E-state index is -0.126. The van der Waals surface area contributed by atoms with Gasteiger partial charge in [0.1, 0.15) is 5.82 Å². The number of aryl methyl sites for hydroxylation is 1. The predicted octanol–water partition coefficient (Wildman–Crippen LogP) is 2.21. The number of rotatable bonds is 0. The smallest absolute Gasteiger partial charge is 0.126 e. The number of hydrogen-bond donors (Lipinski definition) is 0. The molecule has 0 spiro atoms. The third-order valence-corrected chi connectivity index (χ3v) is 2.25. The third-order valence-electron chi connectivity index (χ3n) is 2.25. The van der Waals surface area contributed by atoms with Crippen LogP contribution in [0.5, 0.6) is 0 Å². The van der Waals surface area contributed by atoms with Crippen LogP contribution in [-0.4, -0.2) is 6.61 Å². The second-order valence-corrected chi connectivity index (χ2v) is 3.17. The molecule has 0 amide bonds. The molecular weight excluding hydrogens is 155 g/mol. The fraction of sp³-hybridized carbons (Fsp3) is 0.400. The quantitative estimate of drug-likeness (QED) is 0.574. The van der Waals surface area contributed by atoms with E-state index in [9.17, 15) is 4.39 Å². The predicted molar refractivity (Wildman–Crippen MR) is 44.5 cm³/mol. The van der Waals surface area contributed by atoms with E-state index >= 15 is 0 Å². The van der Waals surface area contributed by atoms with E-state index in [-0.39, 0.29) is 5.82 Å². The molecule has 0 N–H and O–H groups in total. The van der Waals surface area contributed by atoms with Crippen molar-refractivity contribution in [2.75, 3.05) is 6.61 Å². The zero-order chi connectivity index (χ0) is 8.55. The Hall–Kier alpha value is -0.890. The molecule has 0 radical (unpaired) electrons. The molecule has 0 fully saturated rings. The van der Waals surface area contributed by atoms with Crippen LogP contribution in [0.1, 0.15) is 16.7 Å². The highest BCUT2D eigenvalue weighted by molar-refractivity contribution is 5.33. The van der Waals surface area contributed by atoms with Gasteiger partial charge in [-0.05, 0) is 36.1 Å². The second kappa shape index (κ2) is 2.87. The third kappa shape index (κ3) is 1.23. The fourth-order valence-electron chi connectivity index (χ4n) is 1.51. The summed E-state index contributed by atoms with van der Waals surface area (Å²) >= 11 is 0. The fourth-order valence-corrected chi connectivity index (χ4v) is 1.51. The van der Waals surface area contributed by atoms with Crippen molar-refractivity contribution in [1.82, 2.24) is 0 Å². The Balaban J connectivity index is 2.49. The SMILES string of the molecule is Cc1cc2c(cc1F)COCC2. The van der Waals surface area contributed by atoms with Crippen molar-refractivity contribution in [3.8, 4) is 0 Å². The molecule has 64 valence electrons. The highest BCUT2D eigenvalue weighted by Crippen LogP contribution is 2.20. The lowest BCUT2D eigenvalue weighted by Crippen LogP contribution is -2.10.